The Morgan fingerprint density at radius 2 is 2.04 bits per heavy atom. The summed E-state index contributed by atoms with van der Waals surface area (Å²) in [6, 6.07) is 15.7. The summed E-state index contributed by atoms with van der Waals surface area (Å²) in [6.07, 6.45) is 1.42. The molecule has 2 N–H and O–H groups in total. The van der Waals surface area contributed by atoms with Gasteiger partial charge in [0.05, 0.1) is 5.57 Å². The third-order valence-corrected chi connectivity index (χ3v) is 4.41. The van der Waals surface area contributed by atoms with E-state index in [1.54, 1.807) is 29.8 Å². The van der Waals surface area contributed by atoms with Gasteiger partial charge in [-0.2, -0.15) is 10.1 Å². The van der Waals surface area contributed by atoms with Crippen LogP contribution in [-0.4, -0.2) is 25.8 Å². The van der Waals surface area contributed by atoms with Crippen LogP contribution in [0.5, 0.6) is 5.75 Å². The van der Waals surface area contributed by atoms with Crippen molar-refractivity contribution in [1.82, 2.24) is 14.8 Å². The van der Waals surface area contributed by atoms with E-state index in [2.05, 4.69) is 15.4 Å². The number of anilines is 1. The first-order chi connectivity index (χ1) is 13.1. The fourth-order valence-electron chi connectivity index (χ4n) is 3.16. The van der Waals surface area contributed by atoms with Crippen LogP contribution in [0.15, 0.2) is 72.2 Å². The number of hydrogen-bond donors (Lipinski definition) is 2. The van der Waals surface area contributed by atoms with Gasteiger partial charge in [0.1, 0.15) is 24.7 Å². The number of fused-ring (bicyclic) bond motifs is 1. The van der Waals surface area contributed by atoms with Crippen molar-refractivity contribution in [2.24, 2.45) is 0 Å². The van der Waals surface area contributed by atoms with Gasteiger partial charge in [-0.3, -0.25) is 0 Å². The summed E-state index contributed by atoms with van der Waals surface area (Å²) in [6.45, 7) is 1.97. The fourth-order valence-corrected chi connectivity index (χ4v) is 3.16. The van der Waals surface area contributed by atoms with Gasteiger partial charge in [-0.1, -0.05) is 42.5 Å². The number of aromatic hydroxyl groups is 1. The summed E-state index contributed by atoms with van der Waals surface area (Å²) >= 11 is 0. The van der Waals surface area contributed by atoms with Crippen LogP contribution in [0, 0.1) is 0 Å². The predicted octanol–water partition coefficient (Wildman–Crippen LogP) is 3.02. The maximum absolute atomic E-state index is 12.9. The molecule has 0 fully saturated rings. The van der Waals surface area contributed by atoms with Crippen molar-refractivity contribution in [3.05, 3.63) is 83.3 Å². The zero-order chi connectivity index (χ0) is 18.8. The minimum absolute atomic E-state index is 0.113. The van der Waals surface area contributed by atoms with E-state index in [4.69, 9.17) is 4.74 Å². The lowest BCUT2D eigenvalue weighted by Gasteiger charge is -2.28. The molecule has 0 spiro atoms. The molecule has 136 valence electrons. The number of esters is 1. The molecular formula is C20H18N4O3. The van der Waals surface area contributed by atoms with Crippen molar-refractivity contribution in [3.63, 3.8) is 0 Å². The van der Waals surface area contributed by atoms with Gasteiger partial charge in [0.15, 0.2) is 0 Å². The zero-order valence-corrected chi connectivity index (χ0v) is 14.7. The Bertz CT molecular complexity index is 1010. The molecule has 0 radical (unpaired) electrons. The molecule has 4 rings (SSSR count). The van der Waals surface area contributed by atoms with E-state index in [9.17, 15) is 9.90 Å². The largest absolute Gasteiger partial charge is 0.508 e. The smallest absolute Gasteiger partial charge is 0.338 e. The lowest BCUT2D eigenvalue weighted by molar-refractivity contribution is -0.140. The highest BCUT2D eigenvalue weighted by molar-refractivity contribution is 5.92. The molecule has 0 saturated carbocycles. The summed E-state index contributed by atoms with van der Waals surface area (Å²) in [4.78, 5) is 17.1. The summed E-state index contributed by atoms with van der Waals surface area (Å²) in [5.41, 5.74) is 2.69. The zero-order valence-electron chi connectivity index (χ0n) is 14.7. The maximum Gasteiger partial charge on any atom is 0.338 e. The Labute approximate surface area is 155 Å². The SMILES string of the molecule is CC1=C(C(=O)OCc2ccccc2)[C@H](c2cccc(O)c2)n2ncnc2N1. The van der Waals surface area contributed by atoms with Gasteiger partial charge >= 0.3 is 5.97 Å². The van der Waals surface area contributed by atoms with Gasteiger partial charge in [0.25, 0.3) is 0 Å². The van der Waals surface area contributed by atoms with Crippen LogP contribution in [-0.2, 0) is 16.1 Å². The highest BCUT2D eigenvalue weighted by Crippen LogP contribution is 2.36. The van der Waals surface area contributed by atoms with Crippen molar-refractivity contribution >= 4 is 11.9 Å². The molecule has 0 unspecified atom stereocenters. The second-order valence-corrected chi connectivity index (χ2v) is 6.25. The Balaban J connectivity index is 1.69. The molecule has 1 aromatic heterocycles. The summed E-state index contributed by atoms with van der Waals surface area (Å²) in [5.74, 6) is 0.196. The molecular weight excluding hydrogens is 344 g/mol. The van der Waals surface area contributed by atoms with E-state index < -0.39 is 12.0 Å². The Hall–Kier alpha value is -3.61. The number of phenolic OH excluding ortho intramolecular Hbond substituents is 1. The molecule has 0 bridgehead atoms. The van der Waals surface area contributed by atoms with Crippen LogP contribution in [0.4, 0.5) is 5.95 Å². The number of carbonyl (C=O) groups is 1. The number of nitrogens with one attached hydrogen (secondary N) is 1. The third kappa shape index (κ3) is 3.27. The Morgan fingerprint density at radius 1 is 1.22 bits per heavy atom. The molecule has 7 heteroatoms. The van der Waals surface area contributed by atoms with Crippen LogP contribution >= 0.6 is 0 Å². The molecule has 2 aromatic carbocycles. The van der Waals surface area contributed by atoms with Crippen LogP contribution in [0.1, 0.15) is 24.1 Å². The van der Waals surface area contributed by atoms with Crippen LogP contribution < -0.4 is 5.32 Å². The van der Waals surface area contributed by atoms with Gasteiger partial charge in [-0.05, 0) is 30.2 Å². The molecule has 0 saturated heterocycles. The number of nitrogens with zero attached hydrogens (tertiary/aromatic N) is 3. The second-order valence-electron chi connectivity index (χ2n) is 6.25. The lowest BCUT2D eigenvalue weighted by Crippen LogP contribution is -2.29. The molecule has 7 nitrogen and oxygen atoms in total. The van der Waals surface area contributed by atoms with Gasteiger partial charge in [0, 0.05) is 5.70 Å². The monoisotopic (exact) mass is 362 g/mol. The number of allylic oxidation sites excluding steroid dienone is 1. The second kappa shape index (κ2) is 6.95. The van der Waals surface area contributed by atoms with Crippen molar-refractivity contribution in [2.45, 2.75) is 19.6 Å². The first-order valence-electron chi connectivity index (χ1n) is 8.51. The van der Waals surface area contributed by atoms with Gasteiger partial charge in [-0.15, -0.1) is 0 Å². The number of carbonyl (C=O) groups excluding carboxylic acids is 1. The summed E-state index contributed by atoms with van der Waals surface area (Å²) < 4.78 is 7.16. The first kappa shape index (κ1) is 16.8. The van der Waals surface area contributed by atoms with E-state index in [-0.39, 0.29) is 12.4 Å². The minimum atomic E-state index is -0.542. The molecule has 0 amide bonds. The molecule has 3 aromatic rings. The molecule has 1 atom stereocenters. The van der Waals surface area contributed by atoms with Crippen LogP contribution in [0.2, 0.25) is 0 Å². The van der Waals surface area contributed by atoms with E-state index in [1.165, 1.54) is 6.33 Å². The predicted molar refractivity (Wildman–Crippen MR) is 98.8 cm³/mol. The molecule has 1 aliphatic rings. The first-order valence-corrected chi connectivity index (χ1v) is 8.51. The maximum atomic E-state index is 12.9. The fraction of sp³-hybridized carbons (Fsp3) is 0.150. The third-order valence-electron chi connectivity index (χ3n) is 4.41. The number of aromatic nitrogens is 3. The number of hydrogen-bond acceptors (Lipinski definition) is 6. The van der Waals surface area contributed by atoms with Gasteiger partial charge in [0.2, 0.25) is 5.95 Å². The molecule has 0 aliphatic carbocycles. The Morgan fingerprint density at radius 3 is 2.81 bits per heavy atom. The number of benzene rings is 2. The number of rotatable bonds is 4. The topological polar surface area (TPSA) is 89.3 Å². The summed E-state index contributed by atoms with van der Waals surface area (Å²) in [5, 5.41) is 17.2. The van der Waals surface area contributed by atoms with Crippen molar-refractivity contribution in [3.8, 4) is 5.75 Å². The van der Waals surface area contributed by atoms with E-state index in [0.29, 0.717) is 22.8 Å². The minimum Gasteiger partial charge on any atom is -0.508 e. The van der Waals surface area contributed by atoms with Crippen molar-refractivity contribution in [1.29, 1.82) is 0 Å². The molecule has 1 aliphatic heterocycles. The highest BCUT2D eigenvalue weighted by atomic mass is 16.5. The van der Waals surface area contributed by atoms with Crippen molar-refractivity contribution in [2.75, 3.05) is 5.32 Å². The number of ether oxygens (including phenoxy) is 1. The van der Waals surface area contributed by atoms with E-state index >= 15 is 0 Å². The van der Waals surface area contributed by atoms with Gasteiger partial charge in [-0.25, -0.2) is 9.48 Å². The summed E-state index contributed by atoms with van der Waals surface area (Å²) in [7, 11) is 0. The molecule has 2 heterocycles. The van der Waals surface area contributed by atoms with Gasteiger partial charge < -0.3 is 15.2 Å². The van der Waals surface area contributed by atoms with Crippen molar-refractivity contribution < 1.29 is 14.6 Å². The average molecular weight is 362 g/mol. The number of phenols is 1. The van der Waals surface area contributed by atoms with E-state index in [1.807, 2.05) is 36.4 Å². The Kier molecular flexibility index (Phi) is 4.33. The van der Waals surface area contributed by atoms with Crippen LogP contribution in [0.25, 0.3) is 0 Å². The lowest BCUT2D eigenvalue weighted by atomic mass is 9.95. The van der Waals surface area contributed by atoms with Crippen LogP contribution in [0.3, 0.4) is 0 Å². The highest BCUT2D eigenvalue weighted by Gasteiger charge is 2.34. The molecule has 27 heavy (non-hydrogen) atoms. The normalized spacial score (nSPS) is 15.8. The average Bonchev–Trinajstić information content (AvgIpc) is 3.13. The van der Waals surface area contributed by atoms with E-state index in [0.717, 1.165) is 5.56 Å². The standard InChI is InChI=1S/C20H18N4O3/c1-13-17(19(26)27-11-14-6-3-2-4-7-14)18(15-8-5-9-16(25)10-15)24-20(23-13)21-12-22-24/h2-10,12,18,25H,11H2,1H3,(H,21,22,23)/t18-/m0/s1. The quantitative estimate of drug-likeness (QED) is 0.694.